The van der Waals surface area contributed by atoms with Gasteiger partial charge in [0.25, 0.3) is 0 Å². The van der Waals surface area contributed by atoms with E-state index in [4.69, 9.17) is 4.74 Å². The molecule has 0 unspecified atom stereocenters. The molecule has 1 N–H and O–H groups in total. The second-order valence-corrected chi connectivity index (χ2v) is 4.41. The summed E-state index contributed by atoms with van der Waals surface area (Å²) >= 11 is 0. The Morgan fingerprint density at radius 2 is 2.07 bits per heavy atom. The lowest BCUT2D eigenvalue weighted by atomic mass is 10.0. The largest absolute Gasteiger partial charge is 0.465 e. The van der Waals surface area contributed by atoms with E-state index >= 15 is 0 Å². The number of ether oxygens (including phenoxy) is 1. The molecule has 1 aliphatic carbocycles. The molecule has 1 saturated carbocycles. The topological polar surface area (TPSA) is 49.8 Å². The van der Waals surface area contributed by atoms with E-state index < -0.39 is 5.60 Å². The number of carbonyl (C=O) groups is 1. The number of hydrogen-bond donors (Lipinski definition) is 1. The van der Waals surface area contributed by atoms with E-state index in [1.165, 1.54) is 0 Å². The van der Waals surface area contributed by atoms with Crippen molar-refractivity contribution in [2.45, 2.75) is 38.2 Å². The van der Waals surface area contributed by atoms with Crippen LogP contribution in [0.2, 0.25) is 0 Å². The van der Waals surface area contributed by atoms with Crippen molar-refractivity contribution >= 4 is 5.97 Å². The van der Waals surface area contributed by atoms with E-state index in [-0.39, 0.29) is 12.5 Å². The van der Waals surface area contributed by atoms with Crippen LogP contribution < -0.4 is 0 Å². The SMILES string of the molecule is CCOC(=O)CN(C)CC1(O)CCCC1. The van der Waals surface area contributed by atoms with Crippen molar-refractivity contribution in [2.75, 3.05) is 26.7 Å². The van der Waals surface area contributed by atoms with Crippen molar-refractivity contribution in [2.24, 2.45) is 0 Å². The second kappa shape index (κ2) is 5.47. The van der Waals surface area contributed by atoms with Crippen molar-refractivity contribution in [3.05, 3.63) is 0 Å². The number of likely N-dealkylation sites (N-methyl/N-ethyl adjacent to an activating group) is 1. The molecule has 0 aliphatic heterocycles. The monoisotopic (exact) mass is 215 g/mol. The van der Waals surface area contributed by atoms with Gasteiger partial charge in [0.2, 0.25) is 0 Å². The molecule has 0 bridgehead atoms. The molecule has 0 aromatic rings. The van der Waals surface area contributed by atoms with Crippen molar-refractivity contribution in [1.29, 1.82) is 0 Å². The molecule has 15 heavy (non-hydrogen) atoms. The molecule has 0 aromatic heterocycles. The fourth-order valence-electron chi connectivity index (χ4n) is 2.18. The van der Waals surface area contributed by atoms with Gasteiger partial charge in [0.05, 0.1) is 18.8 Å². The summed E-state index contributed by atoms with van der Waals surface area (Å²) in [6.45, 7) is 3.03. The molecule has 1 fully saturated rings. The molecule has 1 aliphatic rings. The summed E-state index contributed by atoms with van der Waals surface area (Å²) < 4.78 is 4.85. The normalized spacial score (nSPS) is 19.5. The van der Waals surface area contributed by atoms with Crippen LogP contribution in [0.5, 0.6) is 0 Å². The average Bonchev–Trinajstić information content (AvgIpc) is 2.51. The van der Waals surface area contributed by atoms with Crippen molar-refractivity contribution in [3.63, 3.8) is 0 Å². The van der Waals surface area contributed by atoms with E-state index in [9.17, 15) is 9.90 Å². The van der Waals surface area contributed by atoms with Gasteiger partial charge in [-0.05, 0) is 26.8 Å². The maximum atomic E-state index is 11.2. The maximum Gasteiger partial charge on any atom is 0.320 e. The fraction of sp³-hybridized carbons (Fsp3) is 0.909. The first kappa shape index (κ1) is 12.5. The van der Waals surface area contributed by atoms with E-state index in [0.717, 1.165) is 25.7 Å². The third-order valence-corrected chi connectivity index (χ3v) is 2.80. The predicted molar refractivity (Wildman–Crippen MR) is 57.5 cm³/mol. The fourth-order valence-corrected chi connectivity index (χ4v) is 2.18. The summed E-state index contributed by atoms with van der Waals surface area (Å²) in [5, 5.41) is 10.1. The number of aliphatic hydroxyl groups is 1. The Labute approximate surface area is 91.2 Å². The first-order valence-corrected chi connectivity index (χ1v) is 5.62. The van der Waals surface area contributed by atoms with Crippen molar-refractivity contribution < 1.29 is 14.6 Å². The molecule has 0 heterocycles. The standard InChI is InChI=1S/C11H21NO3/c1-3-15-10(13)8-12(2)9-11(14)6-4-5-7-11/h14H,3-9H2,1-2H3. The van der Waals surface area contributed by atoms with Crippen LogP contribution in [0.25, 0.3) is 0 Å². The maximum absolute atomic E-state index is 11.2. The molecule has 0 radical (unpaired) electrons. The van der Waals surface area contributed by atoms with E-state index in [2.05, 4.69) is 0 Å². The van der Waals surface area contributed by atoms with Crippen LogP contribution in [-0.2, 0) is 9.53 Å². The lowest BCUT2D eigenvalue weighted by Gasteiger charge is -2.27. The minimum absolute atomic E-state index is 0.221. The van der Waals surface area contributed by atoms with Gasteiger partial charge < -0.3 is 9.84 Å². The van der Waals surface area contributed by atoms with Crippen molar-refractivity contribution in [3.8, 4) is 0 Å². The summed E-state index contributed by atoms with van der Waals surface area (Å²) in [6.07, 6.45) is 3.87. The third-order valence-electron chi connectivity index (χ3n) is 2.80. The Morgan fingerprint density at radius 1 is 1.47 bits per heavy atom. The van der Waals surface area contributed by atoms with Gasteiger partial charge >= 0.3 is 5.97 Å². The molecule has 4 heteroatoms. The first-order valence-electron chi connectivity index (χ1n) is 5.62. The van der Waals surface area contributed by atoms with Gasteiger partial charge in [-0.15, -0.1) is 0 Å². The zero-order valence-corrected chi connectivity index (χ0v) is 9.66. The number of nitrogens with zero attached hydrogens (tertiary/aromatic N) is 1. The van der Waals surface area contributed by atoms with Gasteiger partial charge in [0.1, 0.15) is 0 Å². The van der Waals surface area contributed by atoms with Crippen LogP contribution >= 0.6 is 0 Å². The molecule has 0 aromatic carbocycles. The van der Waals surface area contributed by atoms with E-state index in [0.29, 0.717) is 13.2 Å². The van der Waals surface area contributed by atoms with Crippen LogP contribution in [0.15, 0.2) is 0 Å². The smallest absolute Gasteiger partial charge is 0.320 e. The highest BCUT2D eigenvalue weighted by Crippen LogP contribution is 2.29. The molecule has 88 valence electrons. The minimum atomic E-state index is -0.582. The van der Waals surface area contributed by atoms with E-state index in [1.807, 2.05) is 11.9 Å². The molecule has 0 atom stereocenters. The predicted octanol–water partition coefficient (Wildman–Crippen LogP) is 0.786. The van der Waals surface area contributed by atoms with Crippen LogP contribution in [0.4, 0.5) is 0 Å². The summed E-state index contributed by atoms with van der Waals surface area (Å²) in [7, 11) is 1.84. The van der Waals surface area contributed by atoms with Crippen molar-refractivity contribution in [1.82, 2.24) is 4.90 Å². The molecule has 0 saturated heterocycles. The van der Waals surface area contributed by atoms with Gasteiger partial charge in [0, 0.05) is 6.54 Å². The van der Waals surface area contributed by atoms with Crippen LogP contribution in [0, 0.1) is 0 Å². The molecular weight excluding hydrogens is 194 g/mol. The highest BCUT2D eigenvalue weighted by atomic mass is 16.5. The number of esters is 1. The Balaban J connectivity index is 2.28. The van der Waals surface area contributed by atoms with E-state index in [1.54, 1.807) is 6.92 Å². The minimum Gasteiger partial charge on any atom is -0.465 e. The Kier molecular flexibility index (Phi) is 4.54. The summed E-state index contributed by atoms with van der Waals surface area (Å²) in [4.78, 5) is 13.0. The molecular formula is C11H21NO3. The van der Waals surface area contributed by atoms with Gasteiger partial charge in [-0.2, -0.15) is 0 Å². The summed E-state index contributed by atoms with van der Waals surface area (Å²) in [6, 6.07) is 0. The van der Waals surface area contributed by atoms with Crippen LogP contribution in [-0.4, -0.2) is 48.3 Å². The molecule has 0 spiro atoms. The zero-order chi connectivity index (χ0) is 11.3. The Bertz CT molecular complexity index is 212. The number of carbonyl (C=O) groups excluding carboxylic acids is 1. The van der Waals surface area contributed by atoms with Crippen LogP contribution in [0.3, 0.4) is 0 Å². The second-order valence-electron chi connectivity index (χ2n) is 4.41. The van der Waals surface area contributed by atoms with Gasteiger partial charge in [-0.3, -0.25) is 9.69 Å². The molecule has 4 nitrogen and oxygen atoms in total. The molecule has 1 rings (SSSR count). The van der Waals surface area contributed by atoms with Gasteiger partial charge in [-0.25, -0.2) is 0 Å². The van der Waals surface area contributed by atoms with Crippen LogP contribution in [0.1, 0.15) is 32.6 Å². The number of hydrogen-bond acceptors (Lipinski definition) is 4. The zero-order valence-electron chi connectivity index (χ0n) is 9.66. The highest BCUT2D eigenvalue weighted by molar-refractivity contribution is 5.71. The van der Waals surface area contributed by atoms with Gasteiger partial charge in [-0.1, -0.05) is 12.8 Å². The summed E-state index contributed by atoms with van der Waals surface area (Å²) in [5.41, 5.74) is -0.582. The Hall–Kier alpha value is -0.610. The lowest BCUT2D eigenvalue weighted by molar-refractivity contribution is -0.144. The lowest BCUT2D eigenvalue weighted by Crippen LogP contribution is -2.41. The van der Waals surface area contributed by atoms with Gasteiger partial charge in [0.15, 0.2) is 0 Å². The Morgan fingerprint density at radius 3 is 2.60 bits per heavy atom. The third kappa shape index (κ3) is 4.18. The average molecular weight is 215 g/mol. The summed E-state index contributed by atoms with van der Waals surface area (Å²) in [5.74, 6) is -0.221. The number of rotatable bonds is 5. The molecule has 0 amide bonds. The first-order chi connectivity index (χ1) is 7.06. The highest BCUT2D eigenvalue weighted by Gasteiger charge is 2.32. The quantitative estimate of drug-likeness (QED) is 0.689.